The molecule has 0 aliphatic heterocycles. The summed E-state index contributed by atoms with van der Waals surface area (Å²) in [5.74, 6) is 0. The first-order valence-electron chi connectivity index (χ1n) is 6.50. The third-order valence-corrected chi connectivity index (χ3v) is 3.55. The fourth-order valence-electron chi connectivity index (χ4n) is 2.14. The van der Waals surface area contributed by atoms with E-state index in [2.05, 4.69) is 29.2 Å². The van der Waals surface area contributed by atoms with Crippen LogP contribution in [0.5, 0.6) is 0 Å². The maximum atomic E-state index is 8.87. The van der Waals surface area contributed by atoms with Gasteiger partial charge in [0.25, 0.3) is 0 Å². The van der Waals surface area contributed by atoms with Crippen molar-refractivity contribution in [2.24, 2.45) is 0 Å². The Hall–Kier alpha value is -2.63. The quantitative estimate of drug-likeness (QED) is 0.627. The van der Waals surface area contributed by atoms with Gasteiger partial charge in [0, 0.05) is 5.56 Å². The average molecular weight is 291 g/mol. The van der Waals surface area contributed by atoms with Crippen molar-refractivity contribution in [3.05, 3.63) is 77.4 Å². The summed E-state index contributed by atoms with van der Waals surface area (Å²) >= 11 is 5.97. The van der Waals surface area contributed by atoms with Crippen molar-refractivity contribution in [1.29, 1.82) is 5.26 Å². The molecule has 0 N–H and O–H groups in total. The van der Waals surface area contributed by atoms with Gasteiger partial charge in [-0.1, -0.05) is 66.2 Å². The molecule has 0 radical (unpaired) electrons. The van der Waals surface area contributed by atoms with E-state index in [0.717, 1.165) is 16.8 Å². The Kier molecular flexibility index (Phi) is 3.68. The maximum Gasteiger partial charge on any atom is 0.147 e. The predicted octanol–water partition coefficient (Wildman–Crippen LogP) is 4.94. The summed E-state index contributed by atoms with van der Waals surface area (Å²) in [4.78, 5) is 4.26. The number of aromatic nitrogens is 1. The molecule has 1 heterocycles. The Morgan fingerprint density at radius 3 is 2.00 bits per heavy atom. The molecule has 3 aromatic rings. The number of pyridine rings is 1. The second kappa shape index (κ2) is 5.78. The lowest BCUT2D eigenvalue weighted by Crippen LogP contribution is -1.87. The van der Waals surface area contributed by atoms with E-state index in [-0.39, 0.29) is 5.15 Å². The molecule has 100 valence electrons. The Bertz CT molecular complexity index is 803. The van der Waals surface area contributed by atoms with Gasteiger partial charge in [-0.15, -0.1) is 0 Å². The zero-order valence-electron chi connectivity index (χ0n) is 11.1. The molecule has 0 unspecified atom stereocenters. The van der Waals surface area contributed by atoms with Crippen molar-refractivity contribution >= 4 is 11.6 Å². The second-order valence-electron chi connectivity index (χ2n) is 4.59. The minimum absolute atomic E-state index is 0.238. The highest BCUT2D eigenvalue weighted by molar-refractivity contribution is 6.30. The Morgan fingerprint density at radius 2 is 1.38 bits per heavy atom. The van der Waals surface area contributed by atoms with Crippen LogP contribution in [0.3, 0.4) is 0 Å². The molecule has 0 spiro atoms. The van der Waals surface area contributed by atoms with E-state index in [0.29, 0.717) is 5.56 Å². The molecule has 0 fully saturated rings. The summed E-state index contributed by atoms with van der Waals surface area (Å²) in [5, 5.41) is 9.11. The van der Waals surface area contributed by atoms with Crippen LogP contribution in [0, 0.1) is 11.3 Å². The average Bonchev–Trinajstić information content (AvgIpc) is 2.56. The van der Waals surface area contributed by atoms with E-state index in [9.17, 15) is 0 Å². The van der Waals surface area contributed by atoms with E-state index in [1.165, 1.54) is 5.56 Å². The van der Waals surface area contributed by atoms with E-state index < -0.39 is 0 Å². The lowest BCUT2D eigenvalue weighted by atomic mass is 10.0. The molecule has 2 nitrogen and oxygen atoms in total. The fraction of sp³-hybridized carbons (Fsp3) is 0. The Labute approximate surface area is 128 Å². The van der Waals surface area contributed by atoms with Crippen molar-refractivity contribution in [3.8, 4) is 28.5 Å². The summed E-state index contributed by atoms with van der Waals surface area (Å²) < 4.78 is 0. The molecule has 3 heteroatoms. The molecule has 0 saturated heterocycles. The summed E-state index contributed by atoms with van der Waals surface area (Å²) in [6, 6.07) is 23.8. The lowest BCUT2D eigenvalue weighted by Gasteiger charge is -2.05. The predicted molar refractivity (Wildman–Crippen MR) is 84.8 cm³/mol. The van der Waals surface area contributed by atoms with Crippen molar-refractivity contribution in [2.45, 2.75) is 0 Å². The molecular formula is C18H11ClN2. The van der Waals surface area contributed by atoms with Gasteiger partial charge in [0.2, 0.25) is 0 Å². The first-order valence-corrected chi connectivity index (χ1v) is 6.88. The standard InChI is InChI=1S/C18H11ClN2/c19-18-16(12-20)10-11-17(21-18)15-8-6-14(7-9-15)13-4-2-1-3-5-13/h1-11H. The minimum Gasteiger partial charge on any atom is -0.235 e. The van der Waals surface area contributed by atoms with Gasteiger partial charge in [-0.3, -0.25) is 0 Å². The van der Waals surface area contributed by atoms with Crippen molar-refractivity contribution in [1.82, 2.24) is 4.98 Å². The van der Waals surface area contributed by atoms with Crippen LogP contribution in [0.25, 0.3) is 22.4 Å². The number of hydrogen-bond acceptors (Lipinski definition) is 2. The second-order valence-corrected chi connectivity index (χ2v) is 4.95. The third-order valence-electron chi connectivity index (χ3n) is 3.26. The summed E-state index contributed by atoms with van der Waals surface area (Å²) in [7, 11) is 0. The van der Waals surface area contributed by atoms with Crippen LogP contribution >= 0.6 is 11.6 Å². The van der Waals surface area contributed by atoms with Crippen LogP contribution in [-0.4, -0.2) is 4.98 Å². The van der Waals surface area contributed by atoms with Gasteiger partial charge in [-0.05, 0) is 23.3 Å². The van der Waals surface area contributed by atoms with Gasteiger partial charge in [-0.2, -0.15) is 5.26 Å². The van der Waals surface area contributed by atoms with Gasteiger partial charge in [0.15, 0.2) is 0 Å². The first kappa shape index (κ1) is 13.4. The Morgan fingerprint density at radius 1 is 0.762 bits per heavy atom. The van der Waals surface area contributed by atoms with Gasteiger partial charge in [-0.25, -0.2) is 4.98 Å². The van der Waals surface area contributed by atoms with Crippen molar-refractivity contribution < 1.29 is 0 Å². The van der Waals surface area contributed by atoms with Crippen LogP contribution in [0.4, 0.5) is 0 Å². The minimum atomic E-state index is 0.238. The smallest absolute Gasteiger partial charge is 0.147 e. The van der Waals surface area contributed by atoms with E-state index >= 15 is 0 Å². The molecule has 3 rings (SSSR count). The van der Waals surface area contributed by atoms with Crippen molar-refractivity contribution in [2.75, 3.05) is 0 Å². The normalized spacial score (nSPS) is 10.1. The number of nitriles is 1. The van der Waals surface area contributed by atoms with Gasteiger partial charge in [0.05, 0.1) is 11.3 Å². The molecule has 0 bridgehead atoms. The van der Waals surface area contributed by atoms with Crippen LogP contribution in [0.15, 0.2) is 66.7 Å². The zero-order chi connectivity index (χ0) is 14.7. The number of nitrogens with zero attached hydrogens (tertiary/aromatic N) is 2. The number of rotatable bonds is 2. The maximum absolute atomic E-state index is 8.87. The molecule has 0 saturated carbocycles. The summed E-state index contributed by atoms with van der Waals surface area (Å²) in [6.07, 6.45) is 0. The monoisotopic (exact) mass is 290 g/mol. The van der Waals surface area contributed by atoms with Gasteiger partial charge < -0.3 is 0 Å². The van der Waals surface area contributed by atoms with Crippen LogP contribution in [0.2, 0.25) is 5.15 Å². The molecule has 0 aliphatic carbocycles. The van der Waals surface area contributed by atoms with Crippen LogP contribution in [0.1, 0.15) is 5.56 Å². The number of halogens is 1. The highest BCUT2D eigenvalue weighted by atomic mass is 35.5. The molecule has 0 atom stereocenters. The summed E-state index contributed by atoms with van der Waals surface area (Å²) in [6.45, 7) is 0. The fourth-order valence-corrected chi connectivity index (χ4v) is 2.34. The van der Waals surface area contributed by atoms with Gasteiger partial charge in [0.1, 0.15) is 11.2 Å². The third kappa shape index (κ3) is 2.79. The number of hydrogen-bond donors (Lipinski definition) is 0. The lowest BCUT2D eigenvalue weighted by molar-refractivity contribution is 1.30. The highest BCUT2D eigenvalue weighted by Crippen LogP contribution is 2.25. The largest absolute Gasteiger partial charge is 0.235 e. The Balaban J connectivity index is 1.95. The first-order chi connectivity index (χ1) is 10.3. The van der Waals surface area contributed by atoms with Crippen LogP contribution in [-0.2, 0) is 0 Å². The van der Waals surface area contributed by atoms with E-state index in [4.69, 9.17) is 16.9 Å². The van der Waals surface area contributed by atoms with Gasteiger partial charge >= 0.3 is 0 Å². The highest BCUT2D eigenvalue weighted by Gasteiger charge is 2.05. The molecular weight excluding hydrogens is 280 g/mol. The molecule has 2 aromatic carbocycles. The zero-order valence-corrected chi connectivity index (χ0v) is 11.9. The topological polar surface area (TPSA) is 36.7 Å². The molecule has 0 amide bonds. The van der Waals surface area contributed by atoms with E-state index in [1.54, 1.807) is 6.07 Å². The van der Waals surface area contributed by atoms with Crippen LogP contribution < -0.4 is 0 Å². The molecule has 0 aliphatic rings. The molecule has 1 aromatic heterocycles. The van der Waals surface area contributed by atoms with Crippen molar-refractivity contribution in [3.63, 3.8) is 0 Å². The number of benzene rings is 2. The summed E-state index contributed by atoms with van der Waals surface area (Å²) in [5.41, 5.74) is 4.45. The van der Waals surface area contributed by atoms with E-state index in [1.807, 2.05) is 42.5 Å². The molecule has 21 heavy (non-hydrogen) atoms. The SMILES string of the molecule is N#Cc1ccc(-c2ccc(-c3ccccc3)cc2)nc1Cl.